The Hall–Kier alpha value is -5.08. The predicted molar refractivity (Wildman–Crippen MR) is 161 cm³/mol. The minimum Gasteiger partial charge on any atom is -0.309 e. The molecule has 2 nitrogen and oxygen atoms in total. The summed E-state index contributed by atoms with van der Waals surface area (Å²) in [6.07, 6.45) is 0. The molecule has 0 spiro atoms. The molecule has 8 aromatic rings. The van der Waals surface area contributed by atoms with Crippen molar-refractivity contribution in [2.45, 2.75) is 0 Å². The van der Waals surface area contributed by atoms with Gasteiger partial charge in [-0.2, -0.15) is 0 Å². The fourth-order valence-electron chi connectivity index (χ4n) is 5.22. The molecular formula is C36H24N2. The molecule has 38 heavy (non-hydrogen) atoms. The maximum atomic E-state index is 9.34. The summed E-state index contributed by atoms with van der Waals surface area (Å²) in [5.74, 6) is 0. The van der Waals surface area contributed by atoms with Gasteiger partial charge in [0.15, 0.2) is 0 Å². The van der Waals surface area contributed by atoms with Crippen LogP contribution in [0.1, 0.15) is 17.8 Å². The average Bonchev–Trinajstić information content (AvgIpc) is 3.65. The van der Waals surface area contributed by atoms with Gasteiger partial charge in [-0.05, 0) is 59.6 Å². The fourth-order valence-corrected chi connectivity index (χ4v) is 5.22. The van der Waals surface area contributed by atoms with Crippen molar-refractivity contribution in [1.29, 1.82) is 0 Å². The topological polar surface area (TPSA) is 9.86 Å². The van der Waals surface area contributed by atoms with Crippen LogP contribution in [-0.4, -0.2) is 9.13 Å². The minimum absolute atomic E-state index is 0.109. The molecule has 178 valence electrons. The van der Waals surface area contributed by atoms with Crippen LogP contribution in [0.2, 0.25) is 0 Å². The molecule has 0 aliphatic rings. The molecule has 0 fully saturated rings. The number of nitrogens with zero attached hydrogens (tertiary/aromatic N) is 2. The number of rotatable bonds is 3. The van der Waals surface area contributed by atoms with E-state index in [0.29, 0.717) is 49.3 Å². The van der Waals surface area contributed by atoms with Crippen LogP contribution in [0.25, 0.3) is 66.1 Å². The maximum Gasteiger partial charge on any atom is 0.0651 e. The molecule has 0 amide bonds. The van der Waals surface area contributed by atoms with E-state index >= 15 is 0 Å². The van der Waals surface area contributed by atoms with Crippen LogP contribution in [-0.2, 0) is 0 Å². The molecule has 2 heterocycles. The molecule has 0 unspecified atom stereocenters. The van der Waals surface area contributed by atoms with Crippen LogP contribution in [0.5, 0.6) is 0 Å². The number of benzene rings is 6. The van der Waals surface area contributed by atoms with Gasteiger partial charge in [-0.25, -0.2) is 0 Å². The Morgan fingerprint density at radius 3 is 1.87 bits per heavy atom. The van der Waals surface area contributed by atoms with Gasteiger partial charge in [0.1, 0.15) is 0 Å². The highest BCUT2D eigenvalue weighted by Gasteiger charge is 2.16. The van der Waals surface area contributed by atoms with E-state index in [4.69, 9.17) is 16.4 Å². The van der Waals surface area contributed by atoms with E-state index in [9.17, 15) is 1.37 Å². The van der Waals surface area contributed by atoms with Crippen LogP contribution in [0.3, 0.4) is 0 Å². The van der Waals surface area contributed by atoms with Crippen molar-refractivity contribution >= 4 is 43.6 Å². The highest BCUT2D eigenvalue weighted by molar-refractivity contribution is 6.12. The van der Waals surface area contributed by atoms with Gasteiger partial charge in [0.2, 0.25) is 0 Å². The third-order valence-corrected chi connectivity index (χ3v) is 6.81. The number of hydrogen-bond acceptors (Lipinski definition) is 0. The zero-order valence-electron chi connectivity index (χ0n) is 32.7. The zero-order valence-corrected chi connectivity index (χ0v) is 19.7. The average molecular weight is 498 g/mol. The lowest BCUT2D eigenvalue weighted by atomic mass is 10.1. The summed E-state index contributed by atoms with van der Waals surface area (Å²) in [7, 11) is 0. The van der Waals surface area contributed by atoms with Gasteiger partial charge in [0, 0.05) is 32.9 Å². The minimum atomic E-state index is -0.646. The highest BCUT2D eigenvalue weighted by Crippen LogP contribution is 2.37. The Labute approximate surface area is 238 Å². The molecule has 8 rings (SSSR count). The van der Waals surface area contributed by atoms with Crippen LogP contribution >= 0.6 is 0 Å². The number of hydrogen-bond donors (Lipinski definition) is 0. The molecule has 0 aliphatic heterocycles. The molecule has 0 aliphatic carbocycles. The summed E-state index contributed by atoms with van der Waals surface area (Å²) in [6.45, 7) is 0. The van der Waals surface area contributed by atoms with Gasteiger partial charge in [-0.3, -0.25) is 0 Å². The standard InChI is InChI=1S/C36H24N2/c1-2-11-25(12-3-1)26-13-10-14-27(23-26)37-35-20-9-6-17-31(35)32-24-28(21-22-36(32)37)38-33-18-7-4-15-29(33)30-16-5-8-19-34(30)38/h1-24H/i1D,2D,3D,4D,7D,10D,11D,12D,13D,14D,15D,18D,23D. The molecule has 0 radical (unpaired) electrons. The largest absolute Gasteiger partial charge is 0.309 e. The molecule has 0 saturated carbocycles. The first-order valence-electron chi connectivity index (χ1n) is 18.5. The van der Waals surface area contributed by atoms with E-state index in [2.05, 4.69) is 0 Å². The third-order valence-electron chi connectivity index (χ3n) is 6.81. The third kappa shape index (κ3) is 3.07. The predicted octanol–water partition coefficient (Wildman–Crippen LogP) is 9.55. The quantitative estimate of drug-likeness (QED) is 0.230. The second-order valence-electron chi connectivity index (χ2n) is 8.85. The summed E-state index contributed by atoms with van der Waals surface area (Å²) in [5.41, 5.74) is 1.74. The first-order valence-corrected chi connectivity index (χ1v) is 12.0. The first-order chi connectivity index (χ1) is 24.3. The number of para-hydroxylation sites is 3. The SMILES string of the molecule is [2H]c1c([2H])c([2H])c(-c2c([2H])c([2H])c([2H])c(-n3c4ccccc4c4cc(-n5c6ccccc6c6c([2H])c([2H])c([2H])c([2H])c65)ccc43)c2[2H])c([2H])c1[2H]. The molecular weight excluding hydrogens is 460 g/mol. The van der Waals surface area contributed by atoms with E-state index in [1.165, 1.54) is 0 Å². The Bertz CT molecular complexity index is 2820. The molecule has 6 aromatic carbocycles. The van der Waals surface area contributed by atoms with Gasteiger partial charge in [-0.15, -0.1) is 0 Å². The smallest absolute Gasteiger partial charge is 0.0651 e. The van der Waals surface area contributed by atoms with Crippen molar-refractivity contribution in [3.63, 3.8) is 0 Å². The van der Waals surface area contributed by atoms with Crippen molar-refractivity contribution in [2.24, 2.45) is 0 Å². The van der Waals surface area contributed by atoms with Crippen LogP contribution in [0, 0.1) is 0 Å². The lowest BCUT2D eigenvalue weighted by molar-refractivity contribution is 1.17. The van der Waals surface area contributed by atoms with Gasteiger partial charge < -0.3 is 9.13 Å². The molecule has 0 bridgehead atoms. The Morgan fingerprint density at radius 2 is 1.05 bits per heavy atom. The van der Waals surface area contributed by atoms with Crippen molar-refractivity contribution < 1.29 is 17.8 Å². The zero-order chi connectivity index (χ0) is 36.4. The van der Waals surface area contributed by atoms with E-state index in [-0.39, 0.29) is 35.4 Å². The molecule has 2 heteroatoms. The van der Waals surface area contributed by atoms with Crippen molar-refractivity contribution in [2.75, 3.05) is 0 Å². The Balaban J connectivity index is 1.48. The summed E-state index contributed by atoms with van der Waals surface area (Å²) in [6, 6.07) is 13.6. The number of aromatic nitrogens is 2. The molecule has 0 saturated heterocycles. The van der Waals surface area contributed by atoms with E-state index < -0.39 is 59.9 Å². The molecule has 0 atom stereocenters. The first kappa shape index (κ1) is 12.0. The van der Waals surface area contributed by atoms with Crippen LogP contribution in [0.15, 0.2) is 145 Å². The Morgan fingerprint density at radius 1 is 0.421 bits per heavy atom. The Kier molecular flexibility index (Phi) is 2.59. The maximum absolute atomic E-state index is 9.34. The van der Waals surface area contributed by atoms with Crippen LogP contribution < -0.4 is 0 Å². The second kappa shape index (κ2) is 8.22. The molecule has 0 N–H and O–H groups in total. The van der Waals surface area contributed by atoms with Crippen molar-refractivity contribution in [3.8, 4) is 22.5 Å². The van der Waals surface area contributed by atoms with E-state index in [0.717, 1.165) is 0 Å². The van der Waals surface area contributed by atoms with Gasteiger partial charge in [-0.1, -0.05) is 96.8 Å². The summed E-state index contributed by atoms with van der Waals surface area (Å²) < 4.78 is 115. The lowest BCUT2D eigenvalue weighted by Crippen LogP contribution is -1.96. The summed E-state index contributed by atoms with van der Waals surface area (Å²) in [5, 5.41) is 2.38. The normalized spacial score (nSPS) is 16.5. The highest BCUT2D eigenvalue weighted by atomic mass is 15.0. The summed E-state index contributed by atoms with van der Waals surface area (Å²) >= 11 is 0. The van der Waals surface area contributed by atoms with E-state index in [1.54, 1.807) is 33.4 Å². The van der Waals surface area contributed by atoms with Crippen LogP contribution in [0.4, 0.5) is 0 Å². The second-order valence-corrected chi connectivity index (χ2v) is 8.85. The number of fused-ring (bicyclic) bond motifs is 6. The monoisotopic (exact) mass is 497 g/mol. The van der Waals surface area contributed by atoms with Gasteiger partial charge in [0.05, 0.1) is 39.9 Å². The van der Waals surface area contributed by atoms with E-state index in [1.807, 2.05) is 42.5 Å². The van der Waals surface area contributed by atoms with Crippen molar-refractivity contribution in [3.05, 3.63) is 145 Å². The summed E-state index contributed by atoms with van der Waals surface area (Å²) in [4.78, 5) is 0. The fraction of sp³-hybridized carbons (Fsp3) is 0. The van der Waals surface area contributed by atoms with Gasteiger partial charge >= 0.3 is 0 Å². The molecule has 2 aromatic heterocycles. The van der Waals surface area contributed by atoms with Crippen molar-refractivity contribution in [1.82, 2.24) is 9.13 Å². The lowest BCUT2D eigenvalue weighted by Gasteiger charge is -2.11. The van der Waals surface area contributed by atoms with Gasteiger partial charge in [0.25, 0.3) is 0 Å².